The van der Waals surface area contributed by atoms with Gasteiger partial charge in [-0.25, -0.2) is 9.97 Å². The number of fused-ring (bicyclic) bond motifs is 1. The lowest BCUT2D eigenvalue weighted by molar-refractivity contribution is 0.296. The second-order valence-corrected chi connectivity index (χ2v) is 7.75. The minimum atomic E-state index is -0.0577. The number of hydrogen-bond acceptors (Lipinski definition) is 5. The van der Waals surface area contributed by atoms with Crippen molar-refractivity contribution in [3.8, 4) is 28.3 Å². The molecular formula is C25H22N4O3. The highest BCUT2D eigenvalue weighted by Crippen LogP contribution is 2.29. The first-order chi connectivity index (χ1) is 15.6. The van der Waals surface area contributed by atoms with Crippen molar-refractivity contribution in [2.24, 2.45) is 0 Å². The van der Waals surface area contributed by atoms with Gasteiger partial charge < -0.3 is 18.7 Å². The number of nitrogens with zero attached hydrogens (tertiary/aromatic N) is 3. The number of oxazole rings is 1. The van der Waals surface area contributed by atoms with E-state index in [4.69, 9.17) is 9.15 Å². The first kappa shape index (κ1) is 19.8. The molecule has 7 heteroatoms. The van der Waals surface area contributed by atoms with Crippen molar-refractivity contribution in [1.29, 1.82) is 0 Å². The van der Waals surface area contributed by atoms with Crippen LogP contribution in [0.5, 0.6) is 5.75 Å². The first-order valence-electron chi connectivity index (χ1n) is 10.3. The van der Waals surface area contributed by atoms with Crippen LogP contribution in [-0.2, 0) is 6.54 Å². The molecule has 0 amide bonds. The van der Waals surface area contributed by atoms with E-state index < -0.39 is 0 Å². The Bertz CT molecular complexity index is 1430. The highest BCUT2D eigenvalue weighted by Gasteiger charge is 2.12. The molecule has 0 bridgehead atoms. The van der Waals surface area contributed by atoms with E-state index in [0.717, 1.165) is 39.2 Å². The van der Waals surface area contributed by atoms with Crippen molar-refractivity contribution in [2.75, 3.05) is 6.61 Å². The molecular weight excluding hydrogens is 404 g/mol. The molecule has 3 aromatic heterocycles. The Morgan fingerprint density at radius 3 is 2.78 bits per heavy atom. The molecule has 0 aliphatic rings. The highest BCUT2D eigenvalue weighted by molar-refractivity contribution is 5.87. The average molecular weight is 426 g/mol. The predicted octanol–water partition coefficient (Wildman–Crippen LogP) is 4.74. The largest absolute Gasteiger partial charge is 0.491 e. The molecule has 0 aliphatic heterocycles. The topological polar surface area (TPSA) is 85.9 Å². The molecule has 32 heavy (non-hydrogen) atoms. The lowest BCUT2D eigenvalue weighted by Crippen LogP contribution is -2.07. The van der Waals surface area contributed by atoms with Gasteiger partial charge in [0.1, 0.15) is 12.4 Å². The van der Waals surface area contributed by atoms with Gasteiger partial charge in [-0.3, -0.25) is 4.79 Å². The van der Waals surface area contributed by atoms with E-state index in [1.54, 1.807) is 24.8 Å². The number of nitrogens with one attached hydrogen (secondary N) is 1. The Balaban J connectivity index is 1.47. The summed E-state index contributed by atoms with van der Waals surface area (Å²) in [4.78, 5) is 24.4. The summed E-state index contributed by atoms with van der Waals surface area (Å²) in [6, 6.07) is 11.4. The Morgan fingerprint density at radius 2 is 2.00 bits per heavy atom. The number of benzene rings is 2. The van der Waals surface area contributed by atoms with Crippen LogP contribution in [0.4, 0.5) is 0 Å². The lowest BCUT2D eigenvalue weighted by Gasteiger charge is -2.12. The van der Waals surface area contributed by atoms with Gasteiger partial charge in [0, 0.05) is 40.7 Å². The number of aromatic amines is 1. The summed E-state index contributed by atoms with van der Waals surface area (Å²) in [5.74, 6) is 1.43. The molecule has 2 aromatic carbocycles. The Hall–Kier alpha value is -4.13. The van der Waals surface area contributed by atoms with Gasteiger partial charge in [0.2, 0.25) is 0 Å². The summed E-state index contributed by atoms with van der Waals surface area (Å²) in [6.45, 7) is 5.23. The fourth-order valence-electron chi connectivity index (χ4n) is 3.78. The maximum absolute atomic E-state index is 13.0. The standard InChI is InChI=1S/C25H22N4O3/c1-16-3-4-18(10-24(16)31-8-7-29-6-5-26-14-29)21-12-23(30)20-11-19(25-13-27-15-32-25)17(2)9-22(20)28-21/h3-6,9-15H,7-8H2,1-2H3,(H,28,30). The van der Waals surface area contributed by atoms with Crippen molar-refractivity contribution in [2.45, 2.75) is 20.4 Å². The third-order valence-electron chi connectivity index (χ3n) is 5.54. The molecule has 0 atom stereocenters. The fourth-order valence-corrected chi connectivity index (χ4v) is 3.78. The van der Waals surface area contributed by atoms with Crippen molar-refractivity contribution in [1.82, 2.24) is 19.5 Å². The van der Waals surface area contributed by atoms with Gasteiger partial charge in [-0.1, -0.05) is 12.1 Å². The van der Waals surface area contributed by atoms with Gasteiger partial charge in [-0.05, 0) is 43.2 Å². The van der Waals surface area contributed by atoms with Crippen LogP contribution in [0.3, 0.4) is 0 Å². The number of pyridine rings is 1. The summed E-state index contributed by atoms with van der Waals surface area (Å²) in [7, 11) is 0. The third-order valence-corrected chi connectivity index (χ3v) is 5.54. The Kier molecular flexibility index (Phi) is 5.07. The van der Waals surface area contributed by atoms with Crippen LogP contribution in [0.1, 0.15) is 11.1 Å². The zero-order valence-corrected chi connectivity index (χ0v) is 17.8. The van der Waals surface area contributed by atoms with E-state index in [0.29, 0.717) is 24.3 Å². The van der Waals surface area contributed by atoms with Crippen molar-refractivity contribution >= 4 is 10.9 Å². The second kappa shape index (κ2) is 8.19. The van der Waals surface area contributed by atoms with E-state index in [1.807, 2.05) is 54.9 Å². The average Bonchev–Trinajstić information content (AvgIpc) is 3.49. The molecule has 160 valence electrons. The smallest absolute Gasteiger partial charge is 0.190 e. The SMILES string of the molecule is Cc1ccc(-c2cc(=O)c3cc(-c4cnco4)c(C)cc3[nH]2)cc1OCCn1ccnc1. The number of aryl methyl sites for hydroxylation is 2. The highest BCUT2D eigenvalue weighted by atomic mass is 16.5. The van der Waals surface area contributed by atoms with Crippen LogP contribution in [0.2, 0.25) is 0 Å². The minimum Gasteiger partial charge on any atom is -0.491 e. The predicted molar refractivity (Wildman–Crippen MR) is 123 cm³/mol. The summed E-state index contributed by atoms with van der Waals surface area (Å²) in [5, 5.41) is 0.606. The van der Waals surface area contributed by atoms with Gasteiger partial charge in [-0.2, -0.15) is 0 Å². The van der Waals surface area contributed by atoms with Crippen LogP contribution >= 0.6 is 0 Å². The quantitative estimate of drug-likeness (QED) is 0.424. The van der Waals surface area contributed by atoms with Gasteiger partial charge in [-0.15, -0.1) is 0 Å². The normalized spacial score (nSPS) is 11.2. The zero-order chi connectivity index (χ0) is 22.1. The maximum atomic E-state index is 13.0. The van der Waals surface area contributed by atoms with Gasteiger partial charge in [0.15, 0.2) is 17.6 Å². The number of hydrogen-bond donors (Lipinski definition) is 1. The van der Waals surface area contributed by atoms with E-state index >= 15 is 0 Å². The van der Waals surface area contributed by atoms with Crippen molar-refractivity contribution in [3.05, 3.63) is 89.1 Å². The Labute approximate surface area is 184 Å². The molecule has 1 N–H and O–H groups in total. The van der Waals surface area contributed by atoms with Crippen molar-refractivity contribution in [3.63, 3.8) is 0 Å². The number of ether oxygens (including phenoxy) is 1. The molecule has 0 saturated heterocycles. The molecule has 0 saturated carbocycles. The number of imidazole rings is 1. The van der Waals surface area contributed by atoms with Crippen LogP contribution < -0.4 is 10.2 Å². The second-order valence-electron chi connectivity index (χ2n) is 7.75. The summed E-state index contributed by atoms with van der Waals surface area (Å²) >= 11 is 0. The molecule has 0 aliphatic carbocycles. The Morgan fingerprint density at radius 1 is 1.09 bits per heavy atom. The summed E-state index contributed by atoms with van der Waals surface area (Å²) in [5.41, 5.74) is 5.24. The van der Waals surface area contributed by atoms with Crippen LogP contribution in [-0.4, -0.2) is 26.1 Å². The monoisotopic (exact) mass is 426 g/mol. The minimum absolute atomic E-state index is 0.0577. The molecule has 7 nitrogen and oxygen atoms in total. The number of aromatic nitrogens is 4. The summed E-state index contributed by atoms with van der Waals surface area (Å²) in [6.07, 6.45) is 8.46. The van der Waals surface area contributed by atoms with Crippen LogP contribution in [0.25, 0.3) is 33.5 Å². The molecule has 0 spiro atoms. The fraction of sp³-hybridized carbons (Fsp3) is 0.160. The molecule has 0 unspecified atom stereocenters. The maximum Gasteiger partial charge on any atom is 0.190 e. The van der Waals surface area contributed by atoms with E-state index in [2.05, 4.69) is 15.0 Å². The molecule has 0 fully saturated rings. The molecule has 0 radical (unpaired) electrons. The number of H-pyrrole nitrogens is 1. The number of rotatable bonds is 6. The molecule has 3 heterocycles. The van der Waals surface area contributed by atoms with Gasteiger partial charge in [0.25, 0.3) is 0 Å². The van der Waals surface area contributed by atoms with E-state index in [1.165, 1.54) is 6.39 Å². The summed E-state index contributed by atoms with van der Waals surface area (Å²) < 4.78 is 13.4. The van der Waals surface area contributed by atoms with E-state index in [-0.39, 0.29) is 5.43 Å². The van der Waals surface area contributed by atoms with Gasteiger partial charge >= 0.3 is 0 Å². The van der Waals surface area contributed by atoms with Crippen LogP contribution in [0, 0.1) is 13.8 Å². The van der Waals surface area contributed by atoms with Crippen LogP contribution in [0.15, 0.2) is 76.9 Å². The third kappa shape index (κ3) is 3.80. The van der Waals surface area contributed by atoms with Gasteiger partial charge in [0.05, 0.1) is 24.6 Å². The molecule has 5 rings (SSSR count). The van der Waals surface area contributed by atoms with Crippen molar-refractivity contribution < 1.29 is 9.15 Å². The zero-order valence-electron chi connectivity index (χ0n) is 17.8. The first-order valence-corrected chi connectivity index (χ1v) is 10.3. The molecule has 5 aromatic rings. The van der Waals surface area contributed by atoms with E-state index in [9.17, 15) is 4.79 Å². The lowest BCUT2D eigenvalue weighted by atomic mass is 10.0.